The van der Waals surface area contributed by atoms with Gasteiger partial charge in [0, 0.05) is 35.7 Å². The van der Waals surface area contributed by atoms with Gasteiger partial charge in [-0.25, -0.2) is 38.1 Å². The number of allylic oxidation sites excluding steroid dienone is 2. The summed E-state index contributed by atoms with van der Waals surface area (Å²) in [6.45, 7) is 4.77. The van der Waals surface area contributed by atoms with Gasteiger partial charge in [0.15, 0.2) is 21.9 Å². The summed E-state index contributed by atoms with van der Waals surface area (Å²) in [6.07, 6.45) is -5.21. The fourth-order valence-electron chi connectivity index (χ4n) is 2.65. The normalized spacial score (nSPS) is 9.39. The SMILES string of the molecule is COC(=O)c1oc(Cl)nc1C.COC(=O)c1oc(SC(=N)N)nc1C.COC(=O)c1oc(SCCC(F)=C(F)F)nc1C.Cl.FC(F)=C(F)CCBr.NC(N)=S. The number of thiocarbonyl (C=S) groups is 1. The molecule has 0 aliphatic heterocycles. The van der Waals surface area contributed by atoms with E-state index in [2.05, 4.69) is 68.8 Å². The van der Waals surface area contributed by atoms with Crippen LogP contribution in [0.3, 0.4) is 0 Å². The molecule has 0 aliphatic rings. The van der Waals surface area contributed by atoms with Crippen molar-refractivity contribution >= 4 is 104 Å². The number of nitrogens with one attached hydrogen (secondary N) is 1. The van der Waals surface area contributed by atoms with Crippen molar-refractivity contribution in [2.24, 2.45) is 17.2 Å². The molecular weight excluding hydrogens is 939 g/mol. The van der Waals surface area contributed by atoms with E-state index in [4.69, 9.17) is 36.0 Å². The molecule has 0 bridgehead atoms. The number of rotatable bonds is 10. The van der Waals surface area contributed by atoms with Gasteiger partial charge in [0.2, 0.25) is 17.3 Å². The Morgan fingerprint density at radius 2 is 1.11 bits per heavy atom. The molecule has 3 aromatic rings. The number of oxazole rings is 3. The van der Waals surface area contributed by atoms with Gasteiger partial charge in [0.05, 0.1) is 38.4 Å². The van der Waals surface area contributed by atoms with Crippen LogP contribution in [0.2, 0.25) is 5.35 Å². The molecule has 0 fully saturated rings. The Labute approximate surface area is 348 Å². The first-order valence-electron chi connectivity index (χ1n) is 14.0. The first-order chi connectivity index (χ1) is 25.6. The summed E-state index contributed by atoms with van der Waals surface area (Å²) in [5.41, 5.74) is 15.5. The molecule has 0 aliphatic carbocycles. The second-order valence-electron chi connectivity index (χ2n) is 8.88. The number of aryl methyl sites for hydroxylation is 3. The summed E-state index contributed by atoms with van der Waals surface area (Å²) in [5, 5.41) is 7.29. The maximum absolute atomic E-state index is 12.5. The minimum atomic E-state index is -2.32. The van der Waals surface area contributed by atoms with Gasteiger partial charge < -0.3 is 44.7 Å². The van der Waals surface area contributed by atoms with Crippen LogP contribution in [0.1, 0.15) is 61.6 Å². The number of hydrogen-bond acceptors (Lipinski definition) is 16. The maximum Gasteiger partial charge on any atom is 0.376 e. The van der Waals surface area contributed by atoms with Crippen molar-refractivity contribution in [1.29, 1.82) is 5.41 Å². The van der Waals surface area contributed by atoms with E-state index in [1.165, 1.54) is 21.3 Å². The molecular formula is C28H34BrCl2F6N7O9S3. The lowest BCUT2D eigenvalue weighted by Crippen LogP contribution is -2.18. The number of alkyl halides is 1. The van der Waals surface area contributed by atoms with E-state index in [9.17, 15) is 40.7 Å². The number of ether oxygens (including phenoxy) is 3. The summed E-state index contributed by atoms with van der Waals surface area (Å²) in [6, 6.07) is 0. The van der Waals surface area contributed by atoms with Gasteiger partial charge in [0.1, 0.15) is 0 Å². The quantitative estimate of drug-likeness (QED) is 0.0219. The topological polar surface area (TPSA) is 259 Å². The predicted octanol–water partition coefficient (Wildman–Crippen LogP) is 7.97. The lowest BCUT2D eigenvalue weighted by Gasteiger charge is -1.95. The molecule has 0 saturated carbocycles. The summed E-state index contributed by atoms with van der Waals surface area (Å²) in [5.74, 6) is -4.55. The zero-order valence-corrected chi connectivity index (χ0v) is 35.3. The van der Waals surface area contributed by atoms with Crippen molar-refractivity contribution in [1.82, 2.24) is 15.0 Å². The van der Waals surface area contributed by atoms with Crippen LogP contribution in [0.4, 0.5) is 26.3 Å². The molecule has 3 rings (SSSR count). The van der Waals surface area contributed by atoms with E-state index in [-0.39, 0.29) is 73.3 Å². The third kappa shape index (κ3) is 23.8. The zero-order chi connectivity index (χ0) is 43.0. The van der Waals surface area contributed by atoms with Crippen LogP contribution in [0.25, 0.3) is 0 Å². The van der Waals surface area contributed by atoms with Gasteiger partial charge in [-0.15, -0.1) is 12.4 Å². The van der Waals surface area contributed by atoms with Gasteiger partial charge in [-0.1, -0.05) is 27.7 Å². The number of carbonyl (C=O) groups is 3. The number of esters is 3. The minimum absolute atomic E-state index is 0. The van der Waals surface area contributed by atoms with Crippen LogP contribution >= 0.6 is 75.7 Å². The average molecular weight is 974 g/mol. The van der Waals surface area contributed by atoms with Crippen LogP contribution in [-0.4, -0.2) is 75.6 Å². The number of nitrogens with two attached hydrogens (primary N) is 3. The van der Waals surface area contributed by atoms with E-state index < -0.39 is 48.1 Å². The number of nitrogens with zero attached hydrogens (tertiary/aromatic N) is 3. The Morgan fingerprint density at radius 3 is 1.43 bits per heavy atom. The Morgan fingerprint density at radius 1 is 0.750 bits per heavy atom. The highest BCUT2D eigenvalue weighted by Crippen LogP contribution is 2.25. The molecule has 3 heterocycles. The molecule has 0 unspecified atom stereocenters. The molecule has 16 nitrogen and oxygen atoms in total. The Bertz CT molecular complexity index is 1810. The van der Waals surface area contributed by atoms with Crippen LogP contribution in [0.5, 0.6) is 0 Å². The molecule has 316 valence electrons. The molecule has 0 atom stereocenters. The lowest BCUT2D eigenvalue weighted by molar-refractivity contribution is 0.0550. The fourth-order valence-corrected chi connectivity index (χ4v) is 4.50. The third-order valence-corrected chi connectivity index (χ3v) is 6.86. The largest absolute Gasteiger partial charge is 0.463 e. The minimum Gasteiger partial charge on any atom is -0.463 e. The van der Waals surface area contributed by atoms with Gasteiger partial charge >= 0.3 is 30.1 Å². The van der Waals surface area contributed by atoms with Gasteiger partial charge in [-0.2, -0.15) is 17.6 Å². The van der Waals surface area contributed by atoms with E-state index in [1.54, 1.807) is 20.8 Å². The molecule has 0 radical (unpaired) electrons. The highest BCUT2D eigenvalue weighted by atomic mass is 79.9. The summed E-state index contributed by atoms with van der Waals surface area (Å²) in [7, 11) is 3.71. The van der Waals surface area contributed by atoms with Crippen molar-refractivity contribution in [2.75, 3.05) is 32.4 Å². The molecule has 0 amide bonds. The third-order valence-electron chi connectivity index (χ3n) is 4.91. The van der Waals surface area contributed by atoms with E-state index in [0.29, 0.717) is 17.1 Å². The molecule has 0 saturated heterocycles. The van der Waals surface area contributed by atoms with Crippen LogP contribution in [0, 0.1) is 26.2 Å². The highest BCUT2D eigenvalue weighted by Gasteiger charge is 2.20. The standard InChI is InChI=1S/C10H10F3NO3S.C7H9N3O3S.C6H6ClNO3.C4H4BrF3.CH4N2S.ClH/c1-5-7(9(15)16-2)17-10(14-5)18-4-3-6(11)8(12)13;1-3-4(5(11)12-2)13-7(10-3)14-6(8)9;1-3-4(5(9)10-2)11-6(7)8-3;5-2-1-3(6)4(7)8;2-1(3)4;/h3-4H2,1-2H3;1-2H3,(H3,8,9);1-2H3;1-2H2;(H4,2,3,4);1H. The van der Waals surface area contributed by atoms with E-state index in [1.807, 2.05) is 0 Å². The summed E-state index contributed by atoms with van der Waals surface area (Å²) < 4.78 is 98.0. The van der Waals surface area contributed by atoms with Crippen LogP contribution < -0.4 is 17.2 Å². The molecule has 3 aromatic heterocycles. The van der Waals surface area contributed by atoms with Crippen LogP contribution in [0.15, 0.2) is 47.5 Å². The van der Waals surface area contributed by atoms with Gasteiger partial charge in [-0.3, -0.25) is 5.41 Å². The van der Waals surface area contributed by atoms with E-state index in [0.717, 1.165) is 23.5 Å². The van der Waals surface area contributed by atoms with E-state index >= 15 is 0 Å². The summed E-state index contributed by atoms with van der Waals surface area (Å²) >= 11 is 14.1. The first-order valence-corrected chi connectivity index (χ1v) is 17.7. The predicted molar refractivity (Wildman–Crippen MR) is 203 cm³/mol. The van der Waals surface area contributed by atoms with Crippen molar-refractivity contribution in [3.05, 3.63) is 63.5 Å². The zero-order valence-electron chi connectivity index (χ0n) is 29.7. The second-order valence-corrected chi connectivity index (χ2v) is 12.5. The molecule has 7 N–H and O–H groups in total. The van der Waals surface area contributed by atoms with Gasteiger partial charge in [-0.05, 0) is 44.6 Å². The van der Waals surface area contributed by atoms with Crippen molar-refractivity contribution in [2.45, 2.75) is 44.1 Å². The Kier molecular flexibility index (Phi) is 30.4. The average Bonchev–Trinajstić information content (AvgIpc) is 3.77. The smallest absolute Gasteiger partial charge is 0.376 e. The first kappa shape index (κ1) is 56.4. The van der Waals surface area contributed by atoms with Gasteiger partial charge in [0.25, 0.3) is 15.8 Å². The van der Waals surface area contributed by atoms with Crippen molar-refractivity contribution < 1.29 is 68.2 Å². The maximum atomic E-state index is 12.5. The van der Waals surface area contributed by atoms with Crippen LogP contribution in [-0.2, 0) is 14.2 Å². The van der Waals surface area contributed by atoms with Crippen molar-refractivity contribution in [3.63, 3.8) is 0 Å². The number of halogens is 9. The van der Waals surface area contributed by atoms with Crippen molar-refractivity contribution in [3.8, 4) is 0 Å². The Hall–Kier alpha value is -3.98. The molecule has 0 aromatic carbocycles. The number of methoxy groups -OCH3 is 3. The number of thioether (sulfide) groups is 2. The monoisotopic (exact) mass is 971 g/mol. The molecule has 0 spiro atoms. The summed E-state index contributed by atoms with van der Waals surface area (Å²) in [4.78, 5) is 44.6. The molecule has 28 heteroatoms. The second kappa shape index (κ2) is 30.2. The lowest BCUT2D eigenvalue weighted by atomic mass is 10.4. The fraction of sp³-hybridized carbons (Fsp3) is 0.357. The number of aromatic nitrogens is 3. The number of carbonyl (C=O) groups excluding carboxylic acids is 3. The Balaban J connectivity index is -0.000000665. The highest BCUT2D eigenvalue weighted by molar-refractivity contribution is 9.09. The molecule has 56 heavy (non-hydrogen) atoms. The number of hydrogen-bond donors (Lipinski definition) is 4. The number of amidine groups is 1.